The Bertz CT molecular complexity index is 7920. The second-order valence-electron chi connectivity index (χ2n) is 32.4. The van der Waals surface area contributed by atoms with Gasteiger partial charge < -0.3 is 27.8 Å². The number of para-hydroxylation sites is 6. The number of rotatable bonds is 8. The molecule has 0 fully saturated rings. The summed E-state index contributed by atoms with van der Waals surface area (Å²) in [5, 5.41) is -0.899. The van der Waals surface area contributed by atoms with Gasteiger partial charge in [0.15, 0.2) is 11.2 Å². The third-order valence-electron chi connectivity index (χ3n) is 20.5. The molecule has 2 aliphatic heterocycles. The molecule has 105 heavy (non-hydrogen) atoms. The van der Waals surface area contributed by atoms with Crippen LogP contribution in [0.25, 0.3) is 121 Å². The number of hydrogen-bond donors (Lipinski definition) is 0. The van der Waals surface area contributed by atoms with E-state index in [0.29, 0.717) is 5.56 Å². The van der Waals surface area contributed by atoms with Crippen LogP contribution in [0.2, 0.25) is 39.3 Å². The minimum absolute atomic E-state index is 0.0355. The summed E-state index contributed by atoms with van der Waals surface area (Å²) in [6.45, 7) is 26.9. The molecule has 0 aliphatic carbocycles. The van der Waals surface area contributed by atoms with Crippen molar-refractivity contribution in [2.45, 2.75) is 118 Å². The molecule has 2 aliphatic rings. The number of fused-ring (bicyclic) bond motifs is 16. The molecule has 9 heteroatoms. The van der Waals surface area contributed by atoms with Gasteiger partial charge in [-0.1, -0.05) is 281 Å². The fourth-order valence-electron chi connectivity index (χ4n) is 15.4. The largest absolute Gasteiger partial charge is 0.454 e. The van der Waals surface area contributed by atoms with Gasteiger partial charge in [-0.25, -0.2) is 0 Å². The lowest BCUT2D eigenvalue weighted by molar-refractivity contribution is 0.590. The molecule has 0 radical (unpaired) electrons. The van der Waals surface area contributed by atoms with Gasteiger partial charge in [-0.2, -0.15) is 0 Å². The van der Waals surface area contributed by atoms with Crippen LogP contribution in [0.4, 0.5) is 34.1 Å². The molecule has 0 amide bonds. The second-order valence-corrected chi connectivity index (χ2v) is 42.6. The molecule has 6 nitrogen and oxygen atoms in total. The highest BCUT2D eigenvalue weighted by Gasteiger charge is 2.47. The standard InChI is InChI=1S/C96H87BN4O2Si2/c1-94(2,3)60-52-83-89-84(53-60)101(91-72(59-31-29-33-64(51-59)105(13,14)15)57-74(96(7,8)9)88-70-39-21-27-45-86(70)103-93(88)91)82-55-62(99-79-42-24-18-36-67(79)68-37-19-25-43-80(68)99)47-49-76(82)97(89)75-48-46-61(98-77-40-22-16-34-65(77)66-35-17-23-41-78(66)98)54-81(75)100(83)90-71(58-30-28-32-63(50-58)104(10,11)12)56-73(95(4,5)6)87-69-38-20-26-44-85(69)102-92(87)90/h16-57H,1-15H3/i16D,17D,18D,19D,20D,21D,22D,23D,24D,25D,26D,27D,34D,35D,36D,37D,38D,39D,40D,41D,42D,43D,44D,45D,46D,47D,48D,49D,54D,55D,56D,57D. The third kappa shape index (κ3) is 9.93. The van der Waals surface area contributed by atoms with Crippen molar-refractivity contribution in [3.8, 4) is 33.6 Å². The van der Waals surface area contributed by atoms with Crippen molar-refractivity contribution in [1.29, 1.82) is 0 Å². The van der Waals surface area contributed by atoms with Gasteiger partial charge in [0.2, 0.25) is 0 Å². The number of anilines is 6. The van der Waals surface area contributed by atoms with Crippen LogP contribution in [0.15, 0.2) is 263 Å². The second kappa shape index (κ2) is 22.8. The van der Waals surface area contributed by atoms with E-state index in [2.05, 4.69) is 39.3 Å². The summed E-state index contributed by atoms with van der Waals surface area (Å²) >= 11 is 0. The van der Waals surface area contributed by atoms with Crippen molar-refractivity contribution in [3.05, 3.63) is 271 Å². The van der Waals surface area contributed by atoms with Gasteiger partial charge in [0.25, 0.3) is 6.71 Å². The van der Waals surface area contributed by atoms with Gasteiger partial charge in [-0.05, 0) is 145 Å². The zero-order valence-corrected chi connectivity index (χ0v) is 62.5. The molecule has 0 saturated heterocycles. The van der Waals surface area contributed by atoms with Gasteiger partial charge in [0.05, 0.1) is 93.5 Å². The SMILES string of the molecule is [2H]c1c([2H])c(-n2c3c([2H])c([2H])c([2H])c([2H])c3c3c([2H])c([2H])c([2H])c([2H])c32)c([2H])c2c1B1c3c(cc(C(C)(C)C)cc3N(c3c(-c4cccc([Si](C)(C)C)c4)c([2H])c(C(C)(C)C)c4c3oc3c([2H])c([2H])c([2H])c([2H])c34)c3c([2H])c(-n4c5c([2H])c([2H])c([2H])c([2H])c5c5c([2H])c([2H])c([2H])c([2H])c54)c([2H])c([2H])c31)N2c1c(-c2cccc([Si](C)(C)C)c2)c([2H])c(C(C)(C)C)c2c1oc1c([2H])c([2H])c([2H])c([2H])c12. The van der Waals surface area contributed by atoms with Crippen molar-refractivity contribution in [2.24, 2.45) is 0 Å². The summed E-state index contributed by atoms with van der Waals surface area (Å²) in [5.41, 5.74) is -10.9. The molecule has 4 aromatic heterocycles. The fourth-order valence-corrected chi connectivity index (χ4v) is 17.7. The molecule has 0 unspecified atom stereocenters. The maximum atomic E-state index is 11.9. The van der Waals surface area contributed by atoms with E-state index in [4.69, 9.17) is 8.83 Å². The highest BCUT2D eigenvalue weighted by atomic mass is 28.3. The topological polar surface area (TPSA) is 42.6 Å². The number of benzene rings is 13. The van der Waals surface area contributed by atoms with Crippen LogP contribution < -0.4 is 36.6 Å². The normalized spacial score (nSPS) is 17.9. The van der Waals surface area contributed by atoms with Gasteiger partial charge in [0.1, 0.15) is 11.2 Å². The minimum Gasteiger partial charge on any atom is -0.454 e. The summed E-state index contributed by atoms with van der Waals surface area (Å²) in [4.78, 5) is 2.93. The van der Waals surface area contributed by atoms with E-state index in [1.807, 2.05) is 45.0 Å². The van der Waals surface area contributed by atoms with Gasteiger partial charge in [0, 0.05) is 88.3 Å². The van der Waals surface area contributed by atoms with Crippen molar-refractivity contribution in [3.63, 3.8) is 0 Å². The van der Waals surface area contributed by atoms with Gasteiger partial charge in [-0.3, -0.25) is 0 Å². The highest BCUT2D eigenvalue weighted by Crippen LogP contribution is 2.57. The molecule has 13 aromatic carbocycles. The molecular weight excluding hydrogens is 1310 g/mol. The molecule has 0 saturated carbocycles. The Morgan fingerprint density at radius 3 is 1.08 bits per heavy atom. The van der Waals surface area contributed by atoms with Crippen LogP contribution in [0.5, 0.6) is 0 Å². The average molecular weight is 1430 g/mol. The van der Waals surface area contributed by atoms with Crippen LogP contribution in [0, 0.1) is 0 Å². The maximum absolute atomic E-state index is 11.9. The quantitative estimate of drug-likeness (QED) is 0.142. The molecule has 0 N–H and O–H groups in total. The Balaban J connectivity index is 1.16. The zero-order valence-electron chi connectivity index (χ0n) is 92.5. The maximum Gasteiger partial charge on any atom is 0.252 e. The van der Waals surface area contributed by atoms with Crippen molar-refractivity contribution in [2.75, 3.05) is 9.80 Å². The van der Waals surface area contributed by atoms with Crippen molar-refractivity contribution in [1.82, 2.24) is 9.13 Å². The Morgan fingerprint density at radius 2 is 0.724 bits per heavy atom. The first-order chi connectivity index (χ1) is 63.6. The van der Waals surface area contributed by atoms with Crippen molar-refractivity contribution >= 4 is 171 Å². The van der Waals surface area contributed by atoms with Crippen LogP contribution in [-0.2, 0) is 16.2 Å². The lowest BCUT2D eigenvalue weighted by Crippen LogP contribution is -2.61. The van der Waals surface area contributed by atoms with E-state index in [0.717, 1.165) is 19.5 Å². The number of aromatic nitrogens is 2. The van der Waals surface area contributed by atoms with Crippen molar-refractivity contribution < 1.29 is 52.7 Å². The summed E-state index contributed by atoms with van der Waals surface area (Å²) < 4.78 is 339. The monoisotopic (exact) mass is 1430 g/mol. The van der Waals surface area contributed by atoms with E-state index in [-0.39, 0.29) is 106 Å². The summed E-state index contributed by atoms with van der Waals surface area (Å²) in [6.07, 6.45) is 0. The van der Waals surface area contributed by atoms with Gasteiger partial charge >= 0.3 is 0 Å². The van der Waals surface area contributed by atoms with E-state index in [9.17, 15) is 43.9 Å². The molecule has 0 atom stereocenters. The third-order valence-corrected chi connectivity index (χ3v) is 24.6. The molecular formula is C96H87BN4O2Si2. The van der Waals surface area contributed by atoms with Crippen LogP contribution in [0.1, 0.15) is 123 Å². The van der Waals surface area contributed by atoms with Crippen LogP contribution in [-0.4, -0.2) is 32.0 Å². The Hall–Kier alpha value is -10.8. The lowest BCUT2D eigenvalue weighted by atomic mass is 9.33. The molecule has 0 spiro atoms. The molecule has 17 aromatic rings. The predicted octanol–water partition coefficient (Wildman–Crippen LogP) is 24.1. The van der Waals surface area contributed by atoms with E-state index in [1.54, 1.807) is 77.9 Å². The fraction of sp³-hybridized carbons (Fsp3) is 0.188. The van der Waals surface area contributed by atoms with E-state index >= 15 is 0 Å². The number of furan rings is 2. The molecule has 0 bridgehead atoms. The first kappa shape index (κ1) is 39.3. The van der Waals surface area contributed by atoms with Gasteiger partial charge in [-0.15, -0.1) is 0 Å². The van der Waals surface area contributed by atoms with Crippen LogP contribution >= 0.6 is 0 Å². The molecule has 514 valence electrons. The number of hydrogen-bond acceptors (Lipinski definition) is 4. The first-order valence-electron chi connectivity index (χ1n) is 50.9. The average Bonchev–Trinajstić information content (AvgIpc) is 1.59. The summed E-state index contributed by atoms with van der Waals surface area (Å²) in [7, 11) is -5.09. The first-order valence-corrected chi connectivity index (χ1v) is 41.9. The molecule has 6 heterocycles. The Kier molecular flexibility index (Phi) is 8.55. The Morgan fingerprint density at radius 1 is 0.371 bits per heavy atom. The van der Waals surface area contributed by atoms with Crippen LogP contribution in [0.3, 0.4) is 0 Å². The Labute approximate surface area is 662 Å². The van der Waals surface area contributed by atoms with E-state index < -0.39 is 309 Å². The summed E-state index contributed by atoms with van der Waals surface area (Å²) in [6, 6.07) is -7.50. The summed E-state index contributed by atoms with van der Waals surface area (Å²) in [5.74, 6) is 0. The smallest absolute Gasteiger partial charge is 0.252 e. The lowest BCUT2D eigenvalue weighted by Gasteiger charge is -2.46. The predicted molar refractivity (Wildman–Crippen MR) is 457 cm³/mol. The highest BCUT2D eigenvalue weighted by molar-refractivity contribution is 7.00. The minimum atomic E-state index is -2.54. The number of nitrogens with zero attached hydrogens (tertiary/aromatic N) is 4. The molecule has 19 rings (SSSR count). The van der Waals surface area contributed by atoms with E-state index in [1.165, 1.54) is 9.80 Å². The zero-order chi connectivity index (χ0) is 100.